The Kier molecular flexibility index (Phi) is 6.63. The molecule has 1 aliphatic heterocycles. The van der Waals surface area contributed by atoms with Gasteiger partial charge in [-0.25, -0.2) is 0 Å². The van der Waals surface area contributed by atoms with Crippen molar-refractivity contribution in [1.82, 2.24) is 16.0 Å². The molecule has 3 aromatic rings. The molecule has 0 spiro atoms. The van der Waals surface area contributed by atoms with Gasteiger partial charge in [0.25, 0.3) is 5.91 Å². The number of carbonyl (C=O) groups is 3. The van der Waals surface area contributed by atoms with Crippen molar-refractivity contribution in [2.45, 2.75) is 38.4 Å². The van der Waals surface area contributed by atoms with E-state index in [4.69, 9.17) is 0 Å². The number of hydrogen-bond acceptors (Lipinski definition) is 4. The summed E-state index contributed by atoms with van der Waals surface area (Å²) >= 11 is 0. The van der Waals surface area contributed by atoms with Gasteiger partial charge < -0.3 is 21.3 Å². The van der Waals surface area contributed by atoms with Gasteiger partial charge in [0.1, 0.15) is 11.6 Å². The largest absolute Gasteiger partial charge is 0.355 e. The molecule has 4 N–H and O–H groups in total. The third-order valence-corrected chi connectivity index (χ3v) is 5.70. The number of anilines is 2. The molecule has 1 atom stereocenters. The normalized spacial score (nSPS) is 18.2. The number of fused-ring (bicyclic) bond motifs is 4. The van der Waals surface area contributed by atoms with Gasteiger partial charge in [-0.15, -0.1) is 0 Å². The first-order chi connectivity index (χ1) is 16.3. The van der Waals surface area contributed by atoms with Gasteiger partial charge in [0, 0.05) is 29.9 Å². The number of benzene rings is 3. The summed E-state index contributed by atoms with van der Waals surface area (Å²) in [7, 11) is 0. The van der Waals surface area contributed by atoms with E-state index >= 15 is 0 Å². The summed E-state index contributed by atoms with van der Waals surface area (Å²) in [6.07, 6.45) is 0.290. The molecule has 3 amide bonds. The quantitative estimate of drug-likeness (QED) is 0.476. The standard InChI is InChI=1S/C27H28N4O3/c1-27(2)26(34)28-17-19-10-6-12-21(14-19)29-22-13-7-11-20(16-22)24(32)30-23(25(33)31-27)15-18-8-4-3-5-9-18/h3-14,16,23,29H,15,17H2,1-2H3,(H,28,34)(H,30,32)(H,31,33)/t23-/m0/s1. The minimum atomic E-state index is -1.18. The molecule has 7 heteroatoms. The van der Waals surface area contributed by atoms with E-state index in [-0.39, 0.29) is 11.8 Å². The molecule has 4 rings (SSSR count). The van der Waals surface area contributed by atoms with Crippen LogP contribution in [0.15, 0.2) is 78.9 Å². The summed E-state index contributed by atoms with van der Waals surface area (Å²) in [5.41, 5.74) is 2.63. The summed E-state index contributed by atoms with van der Waals surface area (Å²) in [5, 5.41) is 11.9. The lowest BCUT2D eigenvalue weighted by molar-refractivity contribution is -0.133. The van der Waals surface area contributed by atoms with Gasteiger partial charge in [0.2, 0.25) is 11.8 Å². The van der Waals surface area contributed by atoms with Crippen molar-refractivity contribution in [2.24, 2.45) is 0 Å². The highest BCUT2D eigenvalue weighted by molar-refractivity contribution is 5.99. The van der Waals surface area contributed by atoms with Gasteiger partial charge in [-0.05, 0) is 55.3 Å². The molecule has 3 aromatic carbocycles. The molecule has 0 radical (unpaired) electrons. The Balaban J connectivity index is 1.69. The van der Waals surface area contributed by atoms with Gasteiger partial charge in [-0.2, -0.15) is 0 Å². The summed E-state index contributed by atoms with van der Waals surface area (Å²) < 4.78 is 0. The average Bonchev–Trinajstić information content (AvgIpc) is 2.82. The van der Waals surface area contributed by atoms with Gasteiger partial charge in [-0.3, -0.25) is 14.4 Å². The number of hydrogen-bond donors (Lipinski definition) is 4. The van der Waals surface area contributed by atoms with Crippen LogP contribution in [0.1, 0.15) is 35.3 Å². The van der Waals surface area contributed by atoms with Crippen LogP contribution in [0.4, 0.5) is 11.4 Å². The predicted molar refractivity (Wildman–Crippen MR) is 132 cm³/mol. The highest BCUT2D eigenvalue weighted by Crippen LogP contribution is 2.20. The predicted octanol–water partition coefficient (Wildman–Crippen LogP) is 3.30. The summed E-state index contributed by atoms with van der Waals surface area (Å²) in [6.45, 7) is 3.61. The zero-order valence-electron chi connectivity index (χ0n) is 19.2. The minimum absolute atomic E-state index is 0.290. The molecule has 0 unspecified atom stereocenters. The van der Waals surface area contributed by atoms with Gasteiger partial charge in [0.05, 0.1) is 0 Å². The van der Waals surface area contributed by atoms with Crippen molar-refractivity contribution in [3.05, 3.63) is 95.6 Å². The van der Waals surface area contributed by atoms with E-state index in [1.807, 2.05) is 60.7 Å². The van der Waals surface area contributed by atoms with E-state index in [2.05, 4.69) is 21.3 Å². The van der Waals surface area contributed by atoms with Crippen molar-refractivity contribution in [3.8, 4) is 0 Å². The van der Waals surface area contributed by atoms with Crippen LogP contribution in [0.2, 0.25) is 0 Å². The Morgan fingerprint density at radius 3 is 2.32 bits per heavy atom. The number of rotatable bonds is 2. The van der Waals surface area contributed by atoms with Crippen LogP contribution < -0.4 is 21.3 Å². The van der Waals surface area contributed by atoms with Crippen molar-refractivity contribution < 1.29 is 14.4 Å². The molecular formula is C27H28N4O3. The smallest absolute Gasteiger partial charge is 0.252 e. The van der Waals surface area contributed by atoms with Gasteiger partial charge >= 0.3 is 0 Å². The van der Waals surface area contributed by atoms with Crippen LogP contribution in [0.25, 0.3) is 0 Å². The number of amides is 3. The number of nitrogens with one attached hydrogen (secondary N) is 4. The van der Waals surface area contributed by atoms with Crippen molar-refractivity contribution in [3.63, 3.8) is 0 Å². The maximum absolute atomic E-state index is 13.3. The first-order valence-corrected chi connectivity index (χ1v) is 11.2. The Morgan fingerprint density at radius 2 is 1.56 bits per heavy atom. The van der Waals surface area contributed by atoms with Crippen LogP contribution in [0.5, 0.6) is 0 Å². The highest BCUT2D eigenvalue weighted by Gasteiger charge is 2.33. The second-order valence-electron chi connectivity index (χ2n) is 8.92. The third-order valence-electron chi connectivity index (χ3n) is 5.70. The summed E-state index contributed by atoms with van der Waals surface area (Å²) in [4.78, 5) is 39.3. The molecule has 0 fully saturated rings. The van der Waals surface area contributed by atoms with Crippen molar-refractivity contribution in [1.29, 1.82) is 0 Å². The molecular weight excluding hydrogens is 428 g/mol. The fourth-order valence-corrected chi connectivity index (χ4v) is 3.82. The van der Waals surface area contributed by atoms with Gasteiger partial charge in [-0.1, -0.05) is 48.5 Å². The molecule has 0 saturated carbocycles. The van der Waals surface area contributed by atoms with Crippen LogP contribution in [0, 0.1) is 0 Å². The van der Waals surface area contributed by atoms with Gasteiger partial charge in [0.15, 0.2) is 0 Å². The first-order valence-electron chi connectivity index (χ1n) is 11.2. The second kappa shape index (κ2) is 9.79. The molecule has 0 aliphatic carbocycles. The zero-order chi connectivity index (χ0) is 24.1. The topological polar surface area (TPSA) is 99.3 Å². The Morgan fingerprint density at radius 1 is 0.853 bits per heavy atom. The monoisotopic (exact) mass is 456 g/mol. The molecule has 1 aliphatic rings. The van der Waals surface area contributed by atoms with Crippen LogP contribution in [-0.4, -0.2) is 29.3 Å². The fourth-order valence-electron chi connectivity index (χ4n) is 3.82. The lowest BCUT2D eigenvalue weighted by Crippen LogP contribution is -2.59. The highest BCUT2D eigenvalue weighted by atomic mass is 16.2. The Hall–Kier alpha value is -4.13. The lowest BCUT2D eigenvalue weighted by Gasteiger charge is -2.28. The second-order valence-corrected chi connectivity index (χ2v) is 8.92. The summed E-state index contributed by atoms with van der Waals surface area (Å²) in [5.74, 6) is -1.12. The SMILES string of the molecule is CC1(C)NC(=O)[C@H](Cc2ccccc2)NC(=O)c2cccc(c2)Nc2cccc(c2)CNC1=O. The fraction of sp³-hybridized carbons (Fsp3) is 0.222. The summed E-state index contributed by atoms with van der Waals surface area (Å²) in [6, 6.07) is 23.4. The molecule has 34 heavy (non-hydrogen) atoms. The zero-order valence-corrected chi connectivity index (χ0v) is 19.2. The molecule has 7 nitrogen and oxygen atoms in total. The first kappa shape index (κ1) is 23.0. The number of carbonyl (C=O) groups excluding carboxylic acids is 3. The average molecular weight is 457 g/mol. The van der Waals surface area contributed by atoms with E-state index < -0.39 is 17.5 Å². The maximum Gasteiger partial charge on any atom is 0.252 e. The molecule has 4 bridgehead atoms. The minimum Gasteiger partial charge on any atom is -0.355 e. The molecule has 174 valence electrons. The van der Waals surface area contributed by atoms with Crippen LogP contribution >= 0.6 is 0 Å². The molecule has 0 aromatic heterocycles. The Labute approximate surface area is 199 Å². The van der Waals surface area contributed by atoms with E-state index in [1.54, 1.807) is 32.0 Å². The third kappa shape index (κ3) is 5.61. The lowest BCUT2D eigenvalue weighted by atomic mass is 10.00. The maximum atomic E-state index is 13.3. The van der Waals surface area contributed by atoms with Crippen LogP contribution in [-0.2, 0) is 22.6 Å². The van der Waals surface area contributed by atoms with Crippen molar-refractivity contribution >= 4 is 29.1 Å². The van der Waals surface area contributed by atoms with E-state index in [0.29, 0.717) is 18.5 Å². The van der Waals surface area contributed by atoms with E-state index in [9.17, 15) is 14.4 Å². The van der Waals surface area contributed by atoms with E-state index in [1.165, 1.54) is 0 Å². The molecule has 0 saturated heterocycles. The van der Waals surface area contributed by atoms with Crippen LogP contribution in [0.3, 0.4) is 0 Å². The Bertz CT molecular complexity index is 1210. The molecule has 1 heterocycles. The van der Waals surface area contributed by atoms with Crippen molar-refractivity contribution in [2.75, 3.05) is 5.32 Å². The van der Waals surface area contributed by atoms with E-state index in [0.717, 1.165) is 22.5 Å².